The zero-order valence-corrected chi connectivity index (χ0v) is 20.1. The Hall–Kier alpha value is -1.47. The Morgan fingerprint density at radius 2 is 1.13 bits per heavy atom. The number of hydrogen-bond acceptors (Lipinski definition) is 4. The molecule has 2 unspecified atom stereocenters. The van der Waals surface area contributed by atoms with E-state index in [2.05, 4.69) is 6.92 Å². The Kier molecular flexibility index (Phi) is 14.4. The second-order valence-electron chi connectivity index (χ2n) is 8.98. The van der Waals surface area contributed by atoms with Crippen LogP contribution in [0.4, 0.5) is 0 Å². The number of hydroxylamine groups is 1. The molecule has 1 heterocycles. The molecule has 0 radical (unpaired) electrons. The summed E-state index contributed by atoms with van der Waals surface area (Å²) in [4.78, 5) is 35.6. The van der Waals surface area contributed by atoms with E-state index in [0.717, 1.165) is 19.3 Å². The fourth-order valence-corrected chi connectivity index (χ4v) is 4.33. The molecule has 7 heteroatoms. The number of unbranched alkanes of at least 4 members (excludes halogenated alkanes) is 15. The highest BCUT2D eigenvalue weighted by atomic mass is 16.6. The lowest BCUT2D eigenvalue weighted by Crippen LogP contribution is -3.16. The van der Waals surface area contributed by atoms with Crippen molar-refractivity contribution in [3.63, 3.8) is 0 Å². The molecule has 180 valence electrons. The lowest BCUT2D eigenvalue weighted by molar-refractivity contribution is -0.974. The Balaban J connectivity index is 2.01. The average molecular weight is 440 g/mol. The molecule has 1 saturated heterocycles. The average Bonchev–Trinajstić information content (AvgIpc) is 2.98. The molecule has 0 aliphatic carbocycles. The third kappa shape index (κ3) is 10.1. The molecule has 1 fully saturated rings. The Morgan fingerprint density at radius 3 is 1.45 bits per heavy atom. The van der Waals surface area contributed by atoms with Crippen LogP contribution in [-0.4, -0.2) is 33.9 Å². The Bertz CT molecular complexity index is 541. The van der Waals surface area contributed by atoms with E-state index >= 15 is 0 Å². The fourth-order valence-electron chi connectivity index (χ4n) is 4.33. The first kappa shape index (κ1) is 27.6. The van der Waals surface area contributed by atoms with Crippen LogP contribution in [-0.2, 0) is 14.4 Å². The molecule has 0 aromatic rings. The monoisotopic (exact) mass is 439 g/mol. The lowest BCUT2D eigenvalue weighted by atomic mass is 10.0. The number of carbonyl (C=O) groups excluding carboxylic acids is 3. The molecular weight excluding hydrogens is 394 g/mol. The molecule has 1 N–H and O–H groups in total. The van der Waals surface area contributed by atoms with Crippen LogP contribution in [0.25, 0.3) is 0 Å². The summed E-state index contributed by atoms with van der Waals surface area (Å²) >= 11 is 0. The van der Waals surface area contributed by atoms with Crippen LogP contribution in [0, 0.1) is 5.21 Å². The van der Waals surface area contributed by atoms with E-state index in [4.69, 9.17) is 0 Å². The Labute approximate surface area is 189 Å². The van der Waals surface area contributed by atoms with E-state index in [1.54, 1.807) is 0 Å². The van der Waals surface area contributed by atoms with Gasteiger partial charge in [0.05, 0.1) is 0 Å². The van der Waals surface area contributed by atoms with Gasteiger partial charge in [-0.05, 0) is 6.42 Å². The van der Waals surface area contributed by atoms with E-state index in [1.807, 2.05) is 0 Å². The number of quaternary nitrogens is 1. The number of rotatable bonds is 17. The molecule has 0 aromatic heterocycles. The highest BCUT2D eigenvalue weighted by Gasteiger charge is 2.48. The number of hydrogen-bond donors (Lipinski definition) is 1. The second kappa shape index (κ2) is 16.2. The summed E-state index contributed by atoms with van der Waals surface area (Å²) in [5, 5.41) is 13.2. The number of nitrogens with zero attached hydrogens (tertiary/aromatic N) is 2. The molecule has 0 spiro atoms. The molecule has 1 rings (SSSR count). The van der Waals surface area contributed by atoms with Crippen molar-refractivity contribution >= 4 is 17.7 Å². The van der Waals surface area contributed by atoms with E-state index < -0.39 is 28.9 Å². The third-order valence-corrected chi connectivity index (χ3v) is 6.16. The minimum absolute atomic E-state index is 0.406. The van der Waals surface area contributed by atoms with Crippen molar-refractivity contribution in [1.82, 2.24) is 10.1 Å². The van der Waals surface area contributed by atoms with Crippen LogP contribution in [0.5, 0.6) is 0 Å². The number of hydrazine groups is 1. The molecule has 3 amide bonds. The highest BCUT2D eigenvalue weighted by Crippen LogP contribution is 2.15. The zero-order chi connectivity index (χ0) is 23.1. The van der Waals surface area contributed by atoms with Crippen LogP contribution in [0.15, 0.2) is 0 Å². The van der Waals surface area contributed by atoms with Gasteiger partial charge in [0.15, 0.2) is 6.04 Å². The summed E-state index contributed by atoms with van der Waals surface area (Å²) in [5.74, 6) is -1.75. The topological polar surface area (TPSA) is 85.2 Å². The van der Waals surface area contributed by atoms with Crippen LogP contribution in [0.2, 0.25) is 0 Å². The molecule has 2 atom stereocenters. The Morgan fingerprint density at radius 1 is 0.742 bits per heavy atom. The molecule has 1 aliphatic heterocycles. The van der Waals surface area contributed by atoms with Crippen LogP contribution >= 0.6 is 0 Å². The molecule has 1 aliphatic rings. The highest BCUT2D eigenvalue weighted by molar-refractivity contribution is 5.98. The van der Waals surface area contributed by atoms with Crippen molar-refractivity contribution in [3.8, 4) is 0 Å². The van der Waals surface area contributed by atoms with Gasteiger partial charge in [-0.15, -0.1) is 5.01 Å². The first-order valence-electron chi connectivity index (χ1n) is 12.6. The van der Waals surface area contributed by atoms with E-state index in [0.29, 0.717) is 16.5 Å². The van der Waals surface area contributed by atoms with E-state index in [9.17, 15) is 19.6 Å². The van der Waals surface area contributed by atoms with E-state index in [-0.39, 0.29) is 0 Å². The van der Waals surface area contributed by atoms with Gasteiger partial charge in [0, 0.05) is 20.3 Å². The molecule has 0 saturated carbocycles. The van der Waals surface area contributed by atoms with Gasteiger partial charge >= 0.3 is 5.91 Å². The van der Waals surface area contributed by atoms with Gasteiger partial charge in [-0.3, -0.25) is 14.4 Å². The van der Waals surface area contributed by atoms with Gasteiger partial charge in [0.2, 0.25) is 5.91 Å². The van der Waals surface area contributed by atoms with Crippen molar-refractivity contribution < 1.29 is 19.6 Å². The molecule has 7 nitrogen and oxygen atoms in total. The third-order valence-electron chi connectivity index (χ3n) is 6.16. The van der Waals surface area contributed by atoms with Crippen LogP contribution < -0.4 is 5.17 Å². The fraction of sp³-hybridized carbons (Fsp3) is 0.875. The summed E-state index contributed by atoms with van der Waals surface area (Å²) in [6.07, 6.45) is 20.7. The van der Waals surface area contributed by atoms with Crippen molar-refractivity contribution in [3.05, 3.63) is 5.21 Å². The summed E-state index contributed by atoms with van der Waals surface area (Å²) in [6.45, 7) is 4.64. The van der Waals surface area contributed by atoms with Crippen molar-refractivity contribution in [1.29, 1.82) is 0 Å². The van der Waals surface area contributed by atoms with Gasteiger partial charge in [-0.25, -0.2) is 5.17 Å². The van der Waals surface area contributed by atoms with Crippen molar-refractivity contribution in [2.75, 3.05) is 0 Å². The normalized spacial score (nSPS) is 18.8. The summed E-state index contributed by atoms with van der Waals surface area (Å²) in [6, 6.07) is -0.889. The molecule has 31 heavy (non-hydrogen) atoms. The van der Waals surface area contributed by atoms with Crippen molar-refractivity contribution in [2.24, 2.45) is 0 Å². The first-order valence-corrected chi connectivity index (χ1v) is 12.6. The SMILES string of the molecule is CCCCCCCCCCCCCCCCCCC1C(=O)N(C(C)=O)N(C(C)=O)[NH+]1[O-]. The zero-order valence-electron chi connectivity index (χ0n) is 20.1. The number of carbonyl (C=O) groups is 3. The van der Waals surface area contributed by atoms with Gasteiger partial charge < -0.3 is 5.21 Å². The van der Waals surface area contributed by atoms with Crippen molar-refractivity contribution in [2.45, 2.75) is 136 Å². The summed E-state index contributed by atoms with van der Waals surface area (Å²) in [5.41, 5.74) is 0. The number of amides is 3. The van der Waals surface area contributed by atoms with E-state index in [1.165, 1.54) is 97.3 Å². The molecule has 0 aromatic carbocycles. The summed E-state index contributed by atoms with van der Waals surface area (Å²) < 4.78 is 0. The smallest absolute Gasteiger partial charge is 0.313 e. The lowest BCUT2D eigenvalue weighted by Gasteiger charge is -2.29. The predicted octanol–water partition coefficient (Wildman–Crippen LogP) is 4.46. The maximum absolute atomic E-state index is 12.4. The minimum atomic E-state index is -0.889. The number of nitrogens with one attached hydrogen (secondary N) is 1. The minimum Gasteiger partial charge on any atom is -0.606 e. The maximum Gasteiger partial charge on any atom is 0.313 e. The van der Waals surface area contributed by atoms with Gasteiger partial charge in [0.25, 0.3) is 5.91 Å². The first-order chi connectivity index (χ1) is 14.9. The van der Waals surface area contributed by atoms with Crippen LogP contribution in [0.3, 0.4) is 0 Å². The maximum atomic E-state index is 12.4. The quantitative estimate of drug-likeness (QED) is 0.268. The largest absolute Gasteiger partial charge is 0.606 e. The van der Waals surface area contributed by atoms with Crippen LogP contribution in [0.1, 0.15) is 130 Å². The second-order valence-corrected chi connectivity index (χ2v) is 8.98. The van der Waals surface area contributed by atoms with Gasteiger partial charge in [0.1, 0.15) is 0 Å². The summed E-state index contributed by atoms with van der Waals surface area (Å²) in [7, 11) is 0. The predicted molar refractivity (Wildman–Crippen MR) is 122 cm³/mol. The number of imide groups is 1. The molecule has 0 bridgehead atoms. The standard InChI is InChI=1S/C24H45N3O4/c1-4-5-6-7-8-9-10-11-12-13-14-15-16-17-18-19-20-23-24(30)25(21(2)28)26(22(3)29)27(23)31/h23,27H,4-20H2,1-3H3. The van der Waals surface area contributed by atoms with Gasteiger partial charge in [-0.2, -0.15) is 0 Å². The van der Waals surface area contributed by atoms with Gasteiger partial charge in [-0.1, -0.05) is 108 Å². The molecular formula is C24H45N3O4.